The van der Waals surface area contributed by atoms with Gasteiger partial charge in [-0.25, -0.2) is 4.79 Å². The third kappa shape index (κ3) is 0.805. The Hall–Kier alpha value is -1.46. The standard InChI is InChI=1S/C7O8S3/c8-1-5(10-2(16)11-5)6(12-3(17)13-6)7(9-1)14-4(18)15-7. The summed E-state index contributed by atoms with van der Waals surface area (Å²) in [6.45, 7) is 0. The number of carbonyl (C=O) groups excluding carboxylic acids is 1. The number of hydrogen-bond donors (Lipinski definition) is 0. The number of fused-ring (bicyclic) bond motifs is 2. The number of rotatable bonds is 0. The number of thiocarbonyl (C=S) groups is 3. The largest absolute Gasteiger partial charge is 0.518 e. The highest BCUT2D eigenvalue weighted by Gasteiger charge is 2.99. The maximum atomic E-state index is 11.8. The van der Waals surface area contributed by atoms with Crippen LogP contribution in [-0.2, 0) is 38.0 Å². The first-order chi connectivity index (χ1) is 8.43. The van der Waals surface area contributed by atoms with Crippen LogP contribution in [0.5, 0.6) is 0 Å². The van der Waals surface area contributed by atoms with Crippen LogP contribution in [0.1, 0.15) is 0 Å². The molecule has 0 amide bonds. The van der Waals surface area contributed by atoms with Gasteiger partial charge in [-0.3, -0.25) is 0 Å². The quantitative estimate of drug-likeness (QED) is 0.432. The van der Waals surface area contributed by atoms with Crippen molar-refractivity contribution in [1.29, 1.82) is 0 Å². The van der Waals surface area contributed by atoms with Crippen molar-refractivity contribution in [2.75, 3.05) is 0 Å². The van der Waals surface area contributed by atoms with Crippen LogP contribution in [-0.4, -0.2) is 39.2 Å². The Balaban J connectivity index is 1.81. The molecule has 0 aliphatic carbocycles. The minimum absolute atomic E-state index is 0.244. The maximum absolute atomic E-state index is 11.8. The van der Waals surface area contributed by atoms with Crippen LogP contribution >= 0.6 is 36.7 Å². The van der Waals surface area contributed by atoms with E-state index in [1.165, 1.54) is 0 Å². The van der Waals surface area contributed by atoms with Crippen molar-refractivity contribution < 1.29 is 38.0 Å². The molecule has 0 aromatic carbocycles. The lowest BCUT2D eigenvalue weighted by Gasteiger charge is -2.52. The Morgan fingerprint density at radius 2 is 1.22 bits per heavy atom. The van der Waals surface area contributed by atoms with Crippen LogP contribution in [0.2, 0.25) is 0 Å². The van der Waals surface area contributed by atoms with Crippen LogP contribution in [0.3, 0.4) is 0 Å². The summed E-state index contributed by atoms with van der Waals surface area (Å²) in [5.41, 5.74) is 0. The Morgan fingerprint density at radius 3 is 1.67 bits per heavy atom. The number of hydrogen-bond acceptors (Lipinski definition) is 11. The monoisotopic (exact) mass is 308 g/mol. The van der Waals surface area contributed by atoms with Gasteiger partial charge in [0.05, 0.1) is 0 Å². The van der Waals surface area contributed by atoms with E-state index in [0.29, 0.717) is 0 Å². The van der Waals surface area contributed by atoms with Gasteiger partial charge in [-0.15, -0.1) is 0 Å². The van der Waals surface area contributed by atoms with E-state index in [1.807, 2.05) is 0 Å². The summed E-state index contributed by atoms with van der Waals surface area (Å²) in [6, 6.07) is 0. The molecule has 4 saturated heterocycles. The Kier molecular flexibility index (Phi) is 1.51. The van der Waals surface area contributed by atoms with Crippen LogP contribution in [0.25, 0.3) is 0 Å². The number of ether oxygens (including phenoxy) is 7. The molecular formula is C7O8S3. The van der Waals surface area contributed by atoms with Crippen molar-refractivity contribution in [1.82, 2.24) is 0 Å². The average molecular weight is 308 g/mol. The molecule has 4 aliphatic rings. The molecule has 0 unspecified atom stereocenters. The second-order valence-corrected chi connectivity index (χ2v) is 4.54. The molecule has 0 N–H and O–H groups in total. The molecule has 4 aliphatic heterocycles. The molecule has 4 fully saturated rings. The second-order valence-electron chi connectivity index (χ2n) is 3.54. The second kappa shape index (κ2) is 2.60. The molecule has 11 heteroatoms. The molecule has 3 spiro atoms. The first-order valence-electron chi connectivity index (χ1n) is 4.42. The third-order valence-electron chi connectivity index (χ3n) is 2.68. The van der Waals surface area contributed by atoms with Crippen LogP contribution in [0, 0.1) is 0 Å². The zero-order valence-electron chi connectivity index (χ0n) is 7.99. The zero-order valence-corrected chi connectivity index (χ0v) is 10.4. The predicted molar refractivity (Wildman–Crippen MR) is 58.6 cm³/mol. The molecule has 0 aromatic rings. The van der Waals surface area contributed by atoms with Gasteiger partial charge in [0.25, 0.3) is 0 Å². The summed E-state index contributed by atoms with van der Waals surface area (Å²) in [4.78, 5) is 11.8. The molecule has 18 heavy (non-hydrogen) atoms. The highest BCUT2D eigenvalue weighted by atomic mass is 32.1. The van der Waals surface area contributed by atoms with E-state index in [0.717, 1.165) is 0 Å². The Labute approximate surface area is 114 Å². The van der Waals surface area contributed by atoms with Crippen LogP contribution in [0.15, 0.2) is 0 Å². The van der Waals surface area contributed by atoms with Gasteiger partial charge >= 0.3 is 39.2 Å². The van der Waals surface area contributed by atoms with Crippen LogP contribution in [0.4, 0.5) is 0 Å². The van der Waals surface area contributed by atoms with E-state index < -0.39 is 23.5 Å². The molecule has 4 heterocycles. The minimum Gasteiger partial charge on any atom is -0.396 e. The Morgan fingerprint density at radius 1 is 0.722 bits per heavy atom. The Bertz CT molecular complexity index is 531. The molecular weight excluding hydrogens is 308 g/mol. The molecule has 0 atom stereocenters. The lowest BCUT2D eigenvalue weighted by Crippen LogP contribution is -2.81. The van der Waals surface area contributed by atoms with E-state index in [-0.39, 0.29) is 15.7 Å². The first-order valence-corrected chi connectivity index (χ1v) is 5.65. The lowest BCUT2D eigenvalue weighted by molar-refractivity contribution is -0.512. The highest BCUT2D eigenvalue weighted by Crippen LogP contribution is 2.60. The summed E-state index contributed by atoms with van der Waals surface area (Å²) >= 11 is 13.8. The van der Waals surface area contributed by atoms with E-state index in [4.69, 9.17) is 33.2 Å². The summed E-state index contributed by atoms with van der Waals surface area (Å²) < 4.78 is 35.1. The molecule has 0 bridgehead atoms. The van der Waals surface area contributed by atoms with Gasteiger partial charge in [0.15, 0.2) is 0 Å². The van der Waals surface area contributed by atoms with Crippen molar-refractivity contribution >= 4 is 58.3 Å². The van der Waals surface area contributed by atoms with E-state index in [1.54, 1.807) is 0 Å². The van der Waals surface area contributed by atoms with Crippen molar-refractivity contribution in [3.8, 4) is 0 Å². The fourth-order valence-corrected chi connectivity index (χ4v) is 2.65. The van der Waals surface area contributed by atoms with Crippen LogP contribution < -0.4 is 0 Å². The smallest absolute Gasteiger partial charge is 0.396 e. The molecule has 0 aromatic heterocycles. The molecule has 0 radical (unpaired) electrons. The fourth-order valence-electron chi connectivity index (χ4n) is 1.96. The molecule has 0 saturated carbocycles. The van der Waals surface area contributed by atoms with Gasteiger partial charge < -0.3 is 33.2 Å². The summed E-state index contributed by atoms with van der Waals surface area (Å²) in [5, 5.41) is -0.761. The third-order valence-corrected chi connectivity index (χ3v) is 3.18. The van der Waals surface area contributed by atoms with Gasteiger partial charge in [0, 0.05) is 36.7 Å². The molecule has 4 rings (SSSR count). The van der Waals surface area contributed by atoms with E-state index in [2.05, 4.69) is 36.7 Å². The average Bonchev–Trinajstić information content (AvgIpc) is 2.36. The maximum Gasteiger partial charge on any atom is 0.518 e. The molecule has 8 nitrogen and oxygen atoms in total. The summed E-state index contributed by atoms with van der Waals surface area (Å²) in [5.74, 6) is -7.04. The van der Waals surface area contributed by atoms with Crippen molar-refractivity contribution in [2.45, 2.75) is 17.5 Å². The first kappa shape index (κ1) is 10.5. The van der Waals surface area contributed by atoms with Gasteiger partial charge in [0.1, 0.15) is 0 Å². The van der Waals surface area contributed by atoms with Gasteiger partial charge in [-0.2, -0.15) is 0 Å². The normalized spacial score (nSPS) is 30.7. The molecule has 94 valence electrons. The topological polar surface area (TPSA) is 81.7 Å². The highest BCUT2D eigenvalue weighted by molar-refractivity contribution is 7.80. The van der Waals surface area contributed by atoms with Crippen molar-refractivity contribution in [3.05, 3.63) is 0 Å². The van der Waals surface area contributed by atoms with Crippen molar-refractivity contribution in [3.63, 3.8) is 0 Å². The summed E-state index contributed by atoms with van der Waals surface area (Å²) in [7, 11) is 0. The van der Waals surface area contributed by atoms with Crippen molar-refractivity contribution in [2.24, 2.45) is 0 Å². The minimum atomic E-state index is -2.05. The lowest BCUT2D eigenvalue weighted by atomic mass is 10.0. The predicted octanol–water partition coefficient (Wildman–Crippen LogP) is -0.415. The fraction of sp³-hybridized carbons (Fsp3) is 0.429. The summed E-state index contributed by atoms with van der Waals surface area (Å²) in [6.07, 6.45) is 0. The van der Waals surface area contributed by atoms with Gasteiger partial charge in [-0.05, 0) is 0 Å². The number of esters is 1. The number of carbonyl (C=O) groups is 1. The van der Waals surface area contributed by atoms with E-state index in [9.17, 15) is 4.79 Å². The van der Waals surface area contributed by atoms with Gasteiger partial charge in [-0.1, -0.05) is 0 Å². The SMILES string of the molecule is O=C1OC2(OC(=S)O2)C2(OC(=S)O2)C12OC(=S)O2. The van der Waals surface area contributed by atoms with Gasteiger partial charge in [0.2, 0.25) is 0 Å². The zero-order chi connectivity index (χ0) is 12.8. The van der Waals surface area contributed by atoms with E-state index >= 15 is 0 Å².